The summed E-state index contributed by atoms with van der Waals surface area (Å²) in [4.78, 5) is 12.0. The first kappa shape index (κ1) is 16.4. The van der Waals surface area contributed by atoms with Gasteiger partial charge in [0.1, 0.15) is 11.6 Å². The Morgan fingerprint density at radius 1 is 1.30 bits per heavy atom. The number of carbonyl (C=O) groups is 1. The van der Waals surface area contributed by atoms with Crippen molar-refractivity contribution in [3.05, 3.63) is 30.1 Å². The fraction of sp³-hybridized carbons (Fsp3) is 0.500. The summed E-state index contributed by atoms with van der Waals surface area (Å²) in [5.41, 5.74) is -1.07. The third-order valence-corrected chi connectivity index (χ3v) is 2.50. The first-order valence-corrected chi connectivity index (χ1v) is 6.37. The number of amides is 1. The second-order valence-electron chi connectivity index (χ2n) is 4.66. The molecule has 0 bridgehead atoms. The number of rotatable bonds is 8. The van der Waals surface area contributed by atoms with Gasteiger partial charge in [-0.2, -0.15) is 0 Å². The molecule has 1 amide bonds. The summed E-state index contributed by atoms with van der Waals surface area (Å²) in [5.74, 6) is -0.238. The van der Waals surface area contributed by atoms with Gasteiger partial charge in [0.05, 0.1) is 19.8 Å². The lowest BCUT2D eigenvalue weighted by atomic mass is 10.1. The van der Waals surface area contributed by atoms with Crippen molar-refractivity contribution in [2.75, 3.05) is 26.4 Å². The Bertz CT molecular complexity index is 420. The van der Waals surface area contributed by atoms with Crippen LogP contribution in [0.3, 0.4) is 0 Å². The Hall–Kier alpha value is -1.66. The molecule has 2 N–H and O–H groups in total. The molecule has 0 aliphatic rings. The monoisotopic (exact) mass is 285 g/mol. The van der Waals surface area contributed by atoms with Gasteiger partial charge in [0.2, 0.25) is 0 Å². The van der Waals surface area contributed by atoms with Crippen LogP contribution in [0, 0.1) is 5.82 Å². The minimum atomic E-state index is -1.07. The number of ether oxygens (including phenoxy) is 2. The van der Waals surface area contributed by atoms with Crippen LogP contribution in [0.25, 0.3) is 0 Å². The summed E-state index contributed by atoms with van der Waals surface area (Å²) in [7, 11) is 0. The van der Waals surface area contributed by atoms with Crippen molar-refractivity contribution in [3.8, 4) is 5.75 Å². The van der Waals surface area contributed by atoms with E-state index in [1.165, 1.54) is 24.3 Å². The molecule has 20 heavy (non-hydrogen) atoms. The van der Waals surface area contributed by atoms with Crippen LogP contribution in [0.15, 0.2) is 24.3 Å². The Morgan fingerprint density at radius 2 is 1.95 bits per heavy atom. The van der Waals surface area contributed by atoms with Gasteiger partial charge < -0.3 is 19.9 Å². The van der Waals surface area contributed by atoms with Crippen molar-refractivity contribution >= 4 is 5.91 Å². The van der Waals surface area contributed by atoms with Crippen LogP contribution in [0.5, 0.6) is 5.75 Å². The SMILES string of the molecule is CC(C)(Oc1ccc(F)cc1)C(=O)NCCOCCO. The molecule has 1 rings (SSSR count). The summed E-state index contributed by atoms with van der Waals surface area (Å²) in [6.45, 7) is 4.09. The van der Waals surface area contributed by atoms with Gasteiger partial charge in [-0.15, -0.1) is 0 Å². The zero-order chi connectivity index (χ0) is 15.0. The van der Waals surface area contributed by atoms with E-state index in [2.05, 4.69) is 5.32 Å². The average Bonchev–Trinajstić information content (AvgIpc) is 2.40. The van der Waals surface area contributed by atoms with Gasteiger partial charge >= 0.3 is 0 Å². The van der Waals surface area contributed by atoms with Crippen LogP contribution < -0.4 is 10.1 Å². The van der Waals surface area contributed by atoms with Crippen molar-refractivity contribution in [2.45, 2.75) is 19.4 Å². The van der Waals surface area contributed by atoms with E-state index in [1.807, 2.05) is 0 Å². The molecule has 0 saturated heterocycles. The highest BCUT2D eigenvalue weighted by Gasteiger charge is 2.29. The zero-order valence-electron chi connectivity index (χ0n) is 11.7. The summed E-state index contributed by atoms with van der Waals surface area (Å²) >= 11 is 0. The maximum atomic E-state index is 12.8. The van der Waals surface area contributed by atoms with Crippen LogP contribution in [-0.4, -0.2) is 43.0 Å². The number of hydrogen-bond donors (Lipinski definition) is 2. The molecule has 0 aliphatic heterocycles. The number of aliphatic hydroxyl groups is 1. The molecule has 1 aromatic carbocycles. The maximum Gasteiger partial charge on any atom is 0.263 e. The fourth-order valence-electron chi connectivity index (χ4n) is 1.46. The number of hydrogen-bond acceptors (Lipinski definition) is 4. The van der Waals surface area contributed by atoms with E-state index in [-0.39, 0.29) is 24.9 Å². The van der Waals surface area contributed by atoms with E-state index in [1.54, 1.807) is 13.8 Å². The van der Waals surface area contributed by atoms with Gasteiger partial charge in [-0.25, -0.2) is 4.39 Å². The second kappa shape index (κ2) is 7.81. The molecule has 0 atom stereocenters. The normalized spacial score (nSPS) is 11.2. The topological polar surface area (TPSA) is 67.8 Å². The van der Waals surface area contributed by atoms with E-state index >= 15 is 0 Å². The van der Waals surface area contributed by atoms with Crippen molar-refractivity contribution in [2.24, 2.45) is 0 Å². The van der Waals surface area contributed by atoms with E-state index < -0.39 is 5.60 Å². The molecule has 0 aliphatic carbocycles. The Morgan fingerprint density at radius 3 is 2.55 bits per heavy atom. The van der Waals surface area contributed by atoms with Crippen molar-refractivity contribution in [1.29, 1.82) is 0 Å². The second-order valence-corrected chi connectivity index (χ2v) is 4.66. The molecule has 0 radical (unpaired) electrons. The molecule has 1 aromatic rings. The van der Waals surface area contributed by atoms with E-state index in [0.717, 1.165) is 0 Å². The van der Waals surface area contributed by atoms with E-state index in [0.29, 0.717) is 18.9 Å². The number of carbonyl (C=O) groups excluding carboxylic acids is 1. The van der Waals surface area contributed by atoms with Crippen molar-refractivity contribution in [3.63, 3.8) is 0 Å². The third kappa shape index (κ3) is 5.54. The summed E-state index contributed by atoms with van der Waals surface area (Å²) in [5, 5.41) is 11.2. The van der Waals surface area contributed by atoms with Gasteiger partial charge in [-0.3, -0.25) is 4.79 Å². The molecule has 0 unspecified atom stereocenters. The number of aliphatic hydroxyl groups excluding tert-OH is 1. The highest BCUT2D eigenvalue weighted by Crippen LogP contribution is 2.18. The minimum absolute atomic E-state index is 0.0485. The molecule has 5 nitrogen and oxygen atoms in total. The molecular formula is C14H20FNO4. The van der Waals surface area contributed by atoms with Crippen molar-refractivity contribution < 1.29 is 23.8 Å². The van der Waals surface area contributed by atoms with E-state index in [9.17, 15) is 9.18 Å². The Kier molecular flexibility index (Phi) is 6.41. The predicted octanol–water partition coefficient (Wildman–Crippen LogP) is 1.11. The van der Waals surface area contributed by atoms with E-state index in [4.69, 9.17) is 14.6 Å². The molecule has 0 aromatic heterocycles. The van der Waals surface area contributed by atoms with Gasteiger partial charge in [-0.1, -0.05) is 0 Å². The smallest absolute Gasteiger partial charge is 0.263 e. The fourth-order valence-corrected chi connectivity index (χ4v) is 1.46. The van der Waals surface area contributed by atoms with Gasteiger partial charge in [0.15, 0.2) is 5.60 Å². The number of halogens is 1. The largest absolute Gasteiger partial charge is 0.478 e. The Labute approximate surface area is 117 Å². The third-order valence-electron chi connectivity index (χ3n) is 2.50. The first-order chi connectivity index (χ1) is 9.45. The van der Waals surface area contributed by atoms with Crippen LogP contribution >= 0.6 is 0 Å². The molecular weight excluding hydrogens is 265 g/mol. The van der Waals surface area contributed by atoms with Gasteiger partial charge in [-0.05, 0) is 38.1 Å². The number of nitrogens with one attached hydrogen (secondary N) is 1. The molecule has 0 saturated carbocycles. The lowest BCUT2D eigenvalue weighted by Crippen LogP contribution is -2.47. The molecule has 112 valence electrons. The summed E-state index contributed by atoms with van der Waals surface area (Å²) < 4.78 is 23.3. The van der Waals surface area contributed by atoms with Gasteiger partial charge in [0, 0.05) is 6.54 Å². The van der Waals surface area contributed by atoms with Crippen LogP contribution in [0.2, 0.25) is 0 Å². The standard InChI is InChI=1S/C14H20FNO4/c1-14(2,13(18)16-7-9-19-10-8-17)20-12-5-3-11(15)4-6-12/h3-6,17H,7-10H2,1-2H3,(H,16,18). The van der Waals surface area contributed by atoms with Gasteiger partial charge in [0.25, 0.3) is 5.91 Å². The lowest BCUT2D eigenvalue weighted by molar-refractivity contribution is -0.134. The Balaban J connectivity index is 2.42. The van der Waals surface area contributed by atoms with Crippen LogP contribution in [-0.2, 0) is 9.53 Å². The molecule has 6 heteroatoms. The average molecular weight is 285 g/mol. The minimum Gasteiger partial charge on any atom is -0.478 e. The quantitative estimate of drug-likeness (QED) is 0.702. The number of benzene rings is 1. The first-order valence-electron chi connectivity index (χ1n) is 6.37. The van der Waals surface area contributed by atoms with Crippen LogP contribution in [0.1, 0.15) is 13.8 Å². The van der Waals surface area contributed by atoms with Crippen molar-refractivity contribution in [1.82, 2.24) is 5.32 Å². The molecule has 0 heterocycles. The predicted molar refractivity (Wildman–Crippen MR) is 72.0 cm³/mol. The summed E-state index contributed by atoms with van der Waals surface area (Å²) in [6.07, 6.45) is 0. The molecule has 0 spiro atoms. The lowest BCUT2D eigenvalue weighted by Gasteiger charge is -2.25. The highest BCUT2D eigenvalue weighted by atomic mass is 19.1. The zero-order valence-corrected chi connectivity index (χ0v) is 11.7. The molecule has 0 fully saturated rings. The maximum absolute atomic E-state index is 12.8. The highest BCUT2D eigenvalue weighted by molar-refractivity contribution is 5.84. The summed E-state index contributed by atoms with van der Waals surface area (Å²) in [6, 6.07) is 5.47. The van der Waals surface area contributed by atoms with Crippen LogP contribution in [0.4, 0.5) is 4.39 Å².